The molecule has 0 aromatic heterocycles. The molecule has 0 aliphatic carbocycles. The summed E-state index contributed by atoms with van der Waals surface area (Å²) >= 11 is 0. The molecule has 0 unspecified atom stereocenters. The van der Waals surface area contributed by atoms with E-state index in [1.165, 1.54) is 28.4 Å². The Morgan fingerprint density at radius 3 is 2.06 bits per heavy atom. The second-order valence-corrected chi connectivity index (χ2v) is 3.58. The fourth-order valence-electron chi connectivity index (χ4n) is 1.37. The zero-order chi connectivity index (χ0) is 13.9. The van der Waals surface area contributed by atoms with Crippen LogP contribution in [-0.4, -0.2) is 40.4 Å². The molecular formula is C13H22O5. The Labute approximate surface area is 109 Å². The smallest absolute Gasteiger partial charge is 0.305 e. The lowest BCUT2D eigenvalue weighted by Gasteiger charge is -2.27. The highest BCUT2D eigenvalue weighted by Crippen LogP contribution is 2.18. The molecule has 104 valence electrons. The van der Waals surface area contributed by atoms with Gasteiger partial charge < -0.3 is 18.9 Å². The minimum Gasteiger partial charge on any atom is -0.469 e. The van der Waals surface area contributed by atoms with E-state index in [4.69, 9.17) is 14.2 Å². The van der Waals surface area contributed by atoms with Gasteiger partial charge in [0.25, 0.3) is 5.97 Å². The zero-order valence-corrected chi connectivity index (χ0v) is 11.6. The summed E-state index contributed by atoms with van der Waals surface area (Å²) in [7, 11) is 5.96. The fourth-order valence-corrected chi connectivity index (χ4v) is 1.37. The zero-order valence-electron chi connectivity index (χ0n) is 11.6. The van der Waals surface area contributed by atoms with Crippen LogP contribution < -0.4 is 0 Å². The van der Waals surface area contributed by atoms with E-state index < -0.39 is 5.97 Å². The van der Waals surface area contributed by atoms with Crippen LogP contribution in [0, 0.1) is 11.8 Å². The first-order valence-electron chi connectivity index (χ1n) is 5.82. The molecule has 0 fully saturated rings. The summed E-state index contributed by atoms with van der Waals surface area (Å²) in [5.41, 5.74) is 0. The number of unbranched alkanes of at least 4 members (excludes halogenated alkanes) is 1. The van der Waals surface area contributed by atoms with Gasteiger partial charge in [0.15, 0.2) is 0 Å². The topological polar surface area (TPSA) is 54.0 Å². The van der Waals surface area contributed by atoms with Crippen LogP contribution in [0.5, 0.6) is 0 Å². The van der Waals surface area contributed by atoms with Crippen molar-refractivity contribution in [3.8, 4) is 11.8 Å². The van der Waals surface area contributed by atoms with Gasteiger partial charge in [-0.1, -0.05) is 0 Å². The van der Waals surface area contributed by atoms with Crippen LogP contribution in [0.2, 0.25) is 0 Å². The molecule has 0 aromatic carbocycles. The standard InChI is InChI=1S/C13H22O5/c1-15-12(14)10-8-6-5-7-9-11-13(16-2,17-3)18-4/h6,8-11H2,1-4H3. The highest BCUT2D eigenvalue weighted by Gasteiger charge is 2.28. The Morgan fingerprint density at radius 1 is 1.00 bits per heavy atom. The van der Waals surface area contributed by atoms with Gasteiger partial charge >= 0.3 is 5.97 Å². The first-order valence-corrected chi connectivity index (χ1v) is 5.82. The molecule has 0 amide bonds. The van der Waals surface area contributed by atoms with Gasteiger partial charge in [0.2, 0.25) is 0 Å². The summed E-state index contributed by atoms with van der Waals surface area (Å²) in [5, 5.41) is 0. The second kappa shape index (κ2) is 9.89. The van der Waals surface area contributed by atoms with Crippen LogP contribution in [0.15, 0.2) is 0 Å². The molecule has 18 heavy (non-hydrogen) atoms. The Balaban J connectivity index is 3.80. The van der Waals surface area contributed by atoms with E-state index in [1.54, 1.807) is 0 Å². The van der Waals surface area contributed by atoms with Crippen LogP contribution in [0.3, 0.4) is 0 Å². The third-order valence-corrected chi connectivity index (χ3v) is 2.52. The minimum absolute atomic E-state index is 0.200. The number of ether oxygens (including phenoxy) is 4. The third kappa shape index (κ3) is 6.60. The largest absolute Gasteiger partial charge is 0.469 e. The molecule has 0 spiro atoms. The lowest BCUT2D eigenvalue weighted by atomic mass is 10.2. The number of rotatable bonds is 8. The van der Waals surface area contributed by atoms with Gasteiger partial charge in [-0.3, -0.25) is 4.79 Å². The van der Waals surface area contributed by atoms with Crippen molar-refractivity contribution in [3.05, 3.63) is 0 Å². The molecule has 5 heteroatoms. The summed E-state index contributed by atoms with van der Waals surface area (Å²) in [6, 6.07) is 0. The van der Waals surface area contributed by atoms with E-state index in [9.17, 15) is 4.79 Å². The average Bonchev–Trinajstić information content (AvgIpc) is 2.42. The van der Waals surface area contributed by atoms with E-state index >= 15 is 0 Å². The molecule has 0 aromatic rings. The quantitative estimate of drug-likeness (QED) is 0.287. The Kier molecular flexibility index (Phi) is 9.29. The number of methoxy groups -OCH3 is 4. The molecule has 0 aliphatic rings. The maximum atomic E-state index is 10.8. The van der Waals surface area contributed by atoms with Crippen molar-refractivity contribution in [1.29, 1.82) is 0 Å². The van der Waals surface area contributed by atoms with Crippen molar-refractivity contribution < 1.29 is 23.7 Å². The second-order valence-electron chi connectivity index (χ2n) is 3.58. The van der Waals surface area contributed by atoms with Crippen LogP contribution in [-0.2, 0) is 23.7 Å². The van der Waals surface area contributed by atoms with E-state index in [2.05, 4.69) is 16.6 Å². The summed E-state index contributed by atoms with van der Waals surface area (Å²) in [4.78, 5) is 10.8. The molecule has 5 nitrogen and oxygen atoms in total. The molecule has 0 N–H and O–H groups in total. The van der Waals surface area contributed by atoms with E-state index in [1.807, 2.05) is 0 Å². The first kappa shape index (κ1) is 16.9. The van der Waals surface area contributed by atoms with Crippen molar-refractivity contribution in [2.45, 2.75) is 38.1 Å². The molecule has 0 rings (SSSR count). The van der Waals surface area contributed by atoms with Crippen LogP contribution in [0.4, 0.5) is 0 Å². The number of carbonyl (C=O) groups excluding carboxylic acids is 1. The Hall–Kier alpha value is -1.09. The van der Waals surface area contributed by atoms with Gasteiger partial charge in [0.05, 0.1) is 7.11 Å². The molecule has 0 saturated carbocycles. The Morgan fingerprint density at radius 2 is 1.56 bits per heavy atom. The number of esters is 1. The van der Waals surface area contributed by atoms with Crippen molar-refractivity contribution in [2.75, 3.05) is 28.4 Å². The Bertz CT molecular complexity index is 277. The summed E-state index contributed by atoms with van der Waals surface area (Å²) < 4.78 is 19.9. The molecule has 0 radical (unpaired) electrons. The number of carbonyl (C=O) groups is 1. The normalized spacial score (nSPS) is 10.7. The van der Waals surface area contributed by atoms with E-state index in [0.717, 1.165) is 0 Å². The van der Waals surface area contributed by atoms with Crippen LogP contribution in [0.25, 0.3) is 0 Å². The fraction of sp³-hybridized carbons (Fsp3) is 0.769. The minimum atomic E-state index is -1.01. The summed E-state index contributed by atoms with van der Waals surface area (Å²) in [6.07, 6.45) is 2.93. The highest BCUT2D eigenvalue weighted by atomic mass is 16.9. The molecule has 0 saturated heterocycles. The van der Waals surface area contributed by atoms with Crippen molar-refractivity contribution in [2.24, 2.45) is 0 Å². The lowest BCUT2D eigenvalue weighted by molar-refractivity contribution is -0.354. The van der Waals surface area contributed by atoms with Crippen LogP contribution in [0.1, 0.15) is 32.1 Å². The number of hydrogen-bond acceptors (Lipinski definition) is 5. The summed E-state index contributed by atoms with van der Waals surface area (Å²) in [6.45, 7) is 0. The third-order valence-electron chi connectivity index (χ3n) is 2.52. The molecule has 0 aliphatic heterocycles. The van der Waals surface area contributed by atoms with Gasteiger partial charge in [0, 0.05) is 47.0 Å². The molecule has 0 heterocycles. The molecular weight excluding hydrogens is 236 g/mol. The van der Waals surface area contributed by atoms with E-state index in [0.29, 0.717) is 32.1 Å². The SMILES string of the molecule is COC(=O)CCCC#CCCC(OC)(OC)OC. The molecule has 0 atom stereocenters. The lowest BCUT2D eigenvalue weighted by Crippen LogP contribution is -2.35. The highest BCUT2D eigenvalue weighted by molar-refractivity contribution is 5.69. The van der Waals surface area contributed by atoms with Crippen LogP contribution >= 0.6 is 0 Å². The summed E-state index contributed by atoms with van der Waals surface area (Å²) in [5.74, 6) is 4.77. The van der Waals surface area contributed by atoms with Crippen molar-refractivity contribution in [1.82, 2.24) is 0 Å². The number of hydrogen-bond donors (Lipinski definition) is 0. The predicted octanol–water partition coefficient (Wildman–Crippen LogP) is 1.71. The monoisotopic (exact) mass is 258 g/mol. The molecule has 0 bridgehead atoms. The predicted molar refractivity (Wildman–Crippen MR) is 66.6 cm³/mol. The van der Waals surface area contributed by atoms with Gasteiger partial charge in [0.1, 0.15) is 0 Å². The maximum absolute atomic E-state index is 10.8. The van der Waals surface area contributed by atoms with Gasteiger partial charge in [-0.15, -0.1) is 11.8 Å². The van der Waals surface area contributed by atoms with Gasteiger partial charge in [-0.05, 0) is 6.42 Å². The van der Waals surface area contributed by atoms with Gasteiger partial charge in [-0.2, -0.15) is 0 Å². The maximum Gasteiger partial charge on any atom is 0.305 e. The first-order chi connectivity index (χ1) is 8.64. The van der Waals surface area contributed by atoms with Crippen molar-refractivity contribution >= 4 is 5.97 Å². The van der Waals surface area contributed by atoms with E-state index in [-0.39, 0.29) is 5.97 Å². The van der Waals surface area contributed by atoms with Crippen molar-refractivity contribution in [3.63, 3.8) is 0 Å². The average molecular weight is 258 g/mol. The van der Waals surface area contributed by atoms with Gasteiger partial charge in [-0.25, -0.2) is 0 Å².